The molecule has 0 aromatic carbocycles. The maximum Gasteiger partial charge on any atom is 0.472 e. The predicted octanol–water partition coefficient (Wildman–Crippen LogP) is 11.0. The minimum Gasteiger partial charge on any atom is -0.462 e. The van der Waals surface area contributed by atoms with Gasteiger partial charge in [0.15, 0.2) is 6.10 Å². The third-order valence-corrected chi connectivity index (χ3v) is 9.27. The van der Waals surface area contributed by atoms with Gasteiger partial charge in [0, 0.05) is 19.4 Å². The number of unbranched alkanes of at least 4 members (excludes halogenated alkanes) is 18. The highest BCUT2D eigenvalue weighted by molar-refractivity contribution is 7.47. The second-order valence-corrected chi connectivity index (χ2v) is 14.6. The number of carbonyl (C=O) groups is 2. The van der Waals surface area contributed by atoms with E-state index in [4.69, 9.17) is 24.3 Å². The molecule has 0 aromatic heterocycles. The lowest BCUT2D eigenvalue weighted by Crippen LogP contribution is -2.29. The topological polar surface area (TPSA) is 134 Å². The van der Waals surface area contributed by atoms with Gasteiger partial charge in [-0.3, -0.25) is 18.6 Å². The zero-order valence-electron chi connectivity index (χ0n) is 31.9. The van der Waals surface area contributed by atoms with Gasteiger partial charge in [-0.15, -0.1) is 0 Å². The average Bonchev–Trinajstić information content (AvgIpc) is 3.10. The van der Waals surface area contributed by atoms with Crippen molar-refractivity contribution in [3.8, 4) is 0 Å². The minimum absolute atomic E-state index is 0.0487. The Morgan fingerprint density at radius 3 is 1.64 bits per heavy atom. The number of phosphoric ester groups is 1. The van der Waals surface area contributed by atoms with E-state index < -0.39 is 26.5 Å². The lowest BCUT2D eigenvalue weighted by Gasteiger charge is -2.19. The van der Waals surface area contributed by atoms with Crippen molar-refractivity contribution < 1.29 is 37.6 Å². The Morgan fingerprint density at radius 2 is 1.10 bits per heavy atom. The van der Waals surface area contributed by atoms with Crippen LogP contribution in [0.4, 0.5) is 0 Å². The SMILES string of the molecule is CC/C=C\C/C=C\C/C=C\CCCCCC(=O)OC(COC(=O)CCCCCCCCCCCCCCCCCC)COP(=O)(O)OCCN. The molecule has 0 aromatic rings. The zero-order chi connectivity index (χ0) is 36.8. The number of phosphoric acid groups is 1. The molecule has 0 fully saturated rings. The predicted molar refractivity (Wildman–Crippen MR) is 206 cm³/mol. The molecule has 0 radical (unpaired) electrons. The third-order valence-electron chi connectivity index (χ3n) is 8.29. The van der Waals surface area contributed by atoms with Crippen LogP contribution in [-0.4, -0.2) is 49.3 Å². The summed E-state index contributed by atoms with van der Waals surface area (Å²) in [5.74, 6) is -0.860. The van der Waals surface area contributed by atoms with Crippen LogP contribution in [0, 0.1) is 0 Å². The standard InChI is InChI=1S/C40H74NO8P/c1-3-5-7-9-11-13-15-17-18-19-21-22-24-26-28-30-32-39(42)46-36-38(37-48-50(44,45)47-35-34-41)49-40(43)33-31-29-27-25-23-20-16-14-12-10-8-6-4-2/h6,8,12,14,20,23,38H,3-5,7,9-11,13,15-19,21-22,24-37,41H2,1-2H3,(H,44,45)/b8-6-,14-12-,23-20-. The summed E-state index contributed by atoms with van der Waals surface area (Å²) in [4.78, 5) is 34.7. The molecule has 0 amide bonds. The average molecular weight is 728 g/mol. The van der Waals surface area contributed by atoms with E-state index >= 15 is 0 Å². The Bertz CT molecular complexity index is 923. The summed E-state index contributed by atoms with van der Waals surface area (Å²) < 4.78 is 32.6. The van der Waals surface area contributed by atoms with Gasteiger partial charge < -0.3 is 20.1 Å². The van der Waals surface area contributed by atoms with E-state index in [1.807, 2.05) is 0 Å². The first-order valence-electron chi connectivity index (χ1n) is 20.0. The number of esters is 2. The van der Waals surface area contributed by atoms with E-state index in [9.17, 15) is 19.0 Å². The lowest BCUT2D eigenvalue weighted by molar-refractivity contribution is -0.161. The van der Waals surface area contributed by atoms with Crippen LogP contribution in [0.2, 0.25) is 0 Å². The molecular weight excluding hydrogens is 653 g/mol. The monoisotopic (exact) mass is 728 g/mol. The van der Waals surface area contributed by atoms with Gasteiger partial charge in [-0.25, -0.2) is 4.57 Å². The highest BCUT2D eigenvalue weighted by Gasteiger charge is 2.25. The van der Waals surface area contributed by atoms with Crippen LogP contribution in [0.25, 0.3) is 0 Å². The van der Waals surface area contributed by atoms with Crippen LogP contribution >= 0.6 is 7.82 Å². The Balaban J connectivity index is 4.20. The number of hydrogen-bond acceptors (Lipinski definition) is 8. The molecule has 0 saturated carbocycles. The van der Waals surface area contributed by atoms with Crippen molar-refractivity contribution in [2.75, 3.05) is 26.4 Å². The summed E-state index contributed by atoms with van der Waals surface area (Å²) in [6.07, 6.45) is 38.9. The Labute approximate surface area is 305 Å². The number of carbonyl (C=O) groups excluding carboxylic acids is 2. The van der Waals surface area contributed by atoms with Gasteiger partial charge in [0.2, 0.25) is 0 Å². The quantitative estimate of drug-likeness (QED) is 0.0277. The first kappa shape index (κ1) is 48.2. The molecule has 0 aliphatic heterocycles. The molecule has 3 N–H and O–H groups in total. The van der Waals surface area contributed by atoms with Crippen LogP contribution in [-0.2, 0) is 32.7 Å². The smallest absolute Gasteiger partial charge is 0.462 e. The van der Waals surface area contributed by atoms with E-state index in [0.717, 1.165) is 57.8 Å². The molecule has 0 spiro atoms. The van der Waals surface area contributed by atoms with Crippen LogP contribution < -0.4 is 5.73 Å². The molecule has 10 heteroatoms. The maximum atomic E-state index is 12.5. The van der Waals surface area contributed by atoms with Gasteiger partial charge in [0.05, 0.1) is 13.2 Å². The number of allylic oxidation sites excluding steroid dienone is 6. The van der Waals surface area contributed by atoms with Crippen LogP contribution in [0.3, 0.4) is 0 Å². The largest absolute Gasteiger partial charge is 0.472 e. The second-order valence-electron chi connectivity index (χ2n) is 13.1. The van der Waals surface area contributed by atoms with E-state index in [1.165, 1.54) is 83.5 Å². The van der Waals surface area contributed by atoms with E-state index in [0.29, 0.717) is 6.42 Å². The summed E-state index contributed by atoms with van der Waals surface area (Å²) in [5.41, 5.74) is 5.33. The van der Waals surface area contributed by atoms with Gasteiger partial charge in [-0.05, 0) is 44.9 Å². The molecule has 0 aliphatic carbocycles. The van der Waals surface area contributed by atoms with E-state index in [2.05, 4.69) is 50.3 Å². The first-order valence-corrected chi connectivity index (χ1v) is 21.5. The molecule has 2 unspecified atom stereocenters. The van der Waals surface area contributed by atoms with Crippen molar-refractivity contribution in [1.29, 1.82) is 0 Å². The molecule has 0 aliphatic rings. The van der Waals surface area contributed by atoms with Crippen LogP contribution in [0.1, 0.15) is 174 Å². The van der Waals surface area contributed by atoms with Crippen molar-refractivity contribution >= 4 is 19.8 Å². The third kappa shape index (κ3) is 36.0. The molecule has 9 nitrogen and oxygen atoms in total. The van der Waals surface area contributed by atoms with Gasteiger partial charge in [-0.1, -0.05) is 153 Å². The fraction of sp³-hybridized carbons (Fsp3) is 0.800. The van der Waals surface area contributed by atoms with Crippen molar-refractivity contribution in [3.05, 3.63) is 36.5 Å². The van der Waals surface area contributed by atoms with E-state index in [-0.39, 0.29) is 38.6 Å². The van der Waals surface area contributed by atoms with Crippen LogP contribution in [0.5, 0.6) is 0 Å². The fourth-order valence-corrected chi connectivity index (χ4v) is 6.12. The first-order chi connectivity index (χ1) is 24.3. The summed E-state index contributed by atoms with van der Waals surface area (Å²) in [5, 5.41) is 0. The van der Waals surface area contributed by atoms with Gasteiger partial charge in [-0.2, -0.15) is 0 Å². The highest BCUT2D eigenvalue weighted by Crippen LogP contribution is 2.43. The zero-order valence-corrected chi connectivity index (χ0v) is 32.8. The molecule has 292 valence electrons. The van der Waals surface area contributed by atoms with Crippen molar-refractivity contribution in [1.82, 2.24) is 0 Å². The Hall–Kier alpha value is -1.77. The van der Waals surface area contributed by atoms with E-state index in [1.54, 1.807) is 0 Å². The van der Waals surface area contributed by atoms with Gasteiger partial charge >= 0.3 is 19.8 Å². The normalized spacial score (nSPS) is 13.8. The number of nitrogens with two attached hydrogens (primary N) is 1. The Morgan fingerprint density at radius 1 is 0.620 bits per heavy atom. The summed E-state index contributed by atoms with van der Waals surface area (Å²) in [6.45, 7) is 3.58. The molecular formula is C40H74NO8P. The van der Waals surface area contributed by atoms with Crippen molar-refractivity contribution in [3.63, 3.8) is 0 Å². The maximum absolute atomic E-state index is 12.5. The molecule has 50 heavy (non-hydrogen) atoms. The van der Waals surface area contributed by atoms with Crippen molar-refractivity contribution in [2.24, 2.45) is 5.73 Å². The lowest BCUT2D eigenvalue weighted by atomic mass is 10.0. The molecule has 0 rings (SSSR count). The fourth-order valence-electron chi connectivity index (χ4n) is 5.35. The Kier molecular flexibility index (Phi) is 35.7. The highest BCUT2D eigenvalue weighted by atomic mass is 31.2. The molecule has 0 bridgehead atoms. The number of ether oxygens (including phenoxy) is 2. The molecule has 2 atom stereocenters. The minimum atomic E-state index is -4.38. The second kappa shape index (κ2) is 37.0. The number of hydrogen-bond donors (Lipinski definition) is 2. The summed E-state index contributed by atoms with van der Waals surface area (Å²) in [7, 11) is -4.38. The van der Waals surface area contributed by atoms with Gasteiger partial charge in [0.25, 0.3) is 0 Å². The van der Waals surface area contributed by atoms with Crippen molar-refractivity contribution in [2.45, 2.75) is 180 Å². The summed E-state index contributed by atoms with van der Waals surface area (Å²) in [6, 6.07) is 0. The number of rotatable bonds is 37. The molecule has 0 saturated heterocycles. The summed E-state index contributed by atoms with van der Waals surface area (Å²) >= 11 is 0. The molecule has 0 heterocycles. The van der Waals surface area contributed by atoms with Gasteiger partial charge in [0.1, 0.15) is 6.61 Å². The van der Waals surface area contributed by atoms with Crippen LogP contribution in [0.15, 0.2) is 36.5 Å².